The van der Waals surface area contributed by atoms with Crippen LogP contribution in [0.2, 0.25) is 0 Å². The van der Waals surface area contributed by atoms with Gasteiger partial charge >= 0.3 is 0 Å². The van der Waals surface area contributed by atoms with Crippen molar-refractivity contribution in [2.75, 3.05) is 0 Å². The third kappa shape index (κ3) is 5.79. The van der Waals surface area contributed by atoms with Gasteiger partial charge in [-0.2, -0.15) is 5.06 Å². The highest BCUT2D eigenvalue weighted by molar-refractivity contribution is 7.14. The van der Waals surface area contributed by atoms with E-state index in [9.17, 15) is 14.9 Å². The van der Waals surface area contributed by atoms with Crippen molar-refractivity contribution in [1.82, 2.24) is 5.06 Å². The molecule has 0 bridgehead atoms. The molecule has 0 saturated heterocycles. The fourth-order valence-electron chi connectivity index (χ4n) is 6.85. The maximum Gasteiger partial charge on any atom is 0.224 e. The van der Waals surface area contributed by atoms with Crippen LogP contribution in [-0.2, 0) is 4.79 Å². The molecule has 0 amide bonds. The number of allylic oxidation sites excluding steroid dienone is 2. The van der Waals surface area contributed by atoms with Gasteiger partial charge in [0.1, 0.15) is 0 Å². The number of hydroxylamine groups is 2. The Morgan fingerprint density at radius 1 is 0.902 bits per heavy atom. The van der Waals surface area contributed by atoms with Crippen molar-refractivity contribution in [3.05, 3.63) is 72.0 Å². The molecular weight excluding hydrogens is 549 g/mol. The molecule has 0 atom stereocenters. The summed E-state index contributed by atoms with van der Waals surface area (Å²) >= 11 is 3.40. The van der Waals surface area contributed by atoms with Crippen molar-refractivity contribution < 1.29 is 14.8 Å². The minimum Gasteiger partial charge on any atom is -0.313 e. The predicted octanol–water partition coefficient (Wildman–Crippen LogP) is 9.19. The second-order valence-electron chi connectivity index (χ2n) is 14.2. The molecule has 1 aliphatic carbocycles. The summed E-state index contributed by atoms with van der Waals surface area (Å²) in [5, 5.41) is 14.2. The number of ketones is 1. The molecule has 0 radical (unpaired) electrons. The van der Waals surface area contributed by atoms with Gasteiger partial charge in [0.25, 0.3) is 0 Å². The minimum atomic E-state index is -0.585. The summed E-state index contributed by atoms with van der Waals surface area (Å²) < 4.78 is 1.21. The molecule has 0 spiro atoms. The van der Waals surface area contributed by atoms with Crippen LogP contribution in [0.3, 0.4) is 0 Å². The van der Waals surface area contributed by atoms with E-state index < -0.39 is 16.6 Å². The average Bonchev–Trinajstić information content (AvgIpc) is 3.52. The van der Waals surface area contributed by atoms with E-state index >= 15 is 0 Å². The minimum absolute atomic E-state index is 0.141. The molecule has 4 heterocycles. The molecule has 0 unspecified atom stereocenters. The molecule has 3 aliphatic rings. The first-order valence-electron chi connectivity index (χ1n) is 14.5. The standard InChI is InChI=1S/C34H43N2O3S2/c1-31(2)18-25(19-32(3,4)35(31)38)28-13-12-27(41-28)17-23-11-9-10-22(29(23)37)16-24-14-15-40-30(24)26-20-33(5,6)36(39)34(7,8)21-26/h12-18,20,38H,9-11,19,21H2,1-8H3/q+1/b22-16+,23-17+. The van der Waals surface area contributed by atoms with E-state index in [1.54, 1.807) is 22.7 Å². The maximum atomic E-state index is 13.7. The first-order valence-corrected chi connectivity index (χ1v) is 16.2. The van der Waals surface area contributed by atoms with Gasteiger partial charge in [0, 0.05) is 75.1 Å². The highest BCUT2D eigenvalue weighted by atomic mass is 32.1. The largest absolute Gasteiger partial charge is 0.313 e. The van der Waals surface area contributed by atoms with Crippen LogP contribution in [0.1, 0.15) is 108 Å². The molecule has 7 heteroatoms. The van der Waals surface area contributed by atoms with E-state index in [4.69, 9.17) is 0 Å². The van der Waals surface area contributed by atoms with E-state index in [2.05, 4.69) is 61.7 Å². The van der Waals surface area contributed by atoms with Crippen LogP contribution >= 0.6 is 22.7 Å². The number of nitroso groups, excluding NO2 is 1. The summed E-state index contributed by atoms with van der Waals surface area (Å²) in [7, 11) is 0. The van der Waals surface area contributed by atoms with Gasteiger partial charge < -0.3 is 5.21 Å². The van der Waals surface area contributed by atoms with E-state index in [-0.39, 0.29) is 11.3 Å². The quantitative estimate of drug-likeness (QED) is 0.284. The Morgan fingerprint density at radius 2 is 1.59 bits per heavy atom. The normalized spacial score (nSPS) is 25.9. The molecule has 1 N–H and O–H groups in total. The highest BCUT2D eigenvalue weighted by Crippen LogP contribution is 2.43. The number of nitrogens with zero attached hydrogens (tertiary/aromatic N) is 2. The molecule has 1 saturated carbocycles. The molecule has 5 rings (SSSR count). The Hall–Kier alpha value is -2.45. The van der Waals surface area contributed by atoms with E-state index in [0.29, 0.717) is 6.42 Å². The topological polar surface area (TPSA) is 60.6 Å². The third-order valence-electron chi connectivity index (χ3n) is 8.55. The smallest absolute Gasteiger partial charge is 0.224 e. The van der Waals surface area contributed by atoms with Gasteiger partial charge in [-0.1, -0.05) is 6.08 Å². The highest BCUT2D eigenvalue weighted by Gasteiger charge is 2.50. The van der Waals surface area contributed by atoms with Crippen LogP contribution in [0.4, 0.5) is 0 Å². The predicted molar refractivity (Wildman–Crippen MR) is 172 cm³/mol. The van der Waals surface area contributed by atoms with Crippen molar-refractivity contribution in [3.8, 4) is 0 Å². The zero-order valence-corrected chi connectivity index (χ0v) is 27.3. The number of rotatable bonds is 4. The van der Waals surface area contributed by atoms with Gasteiger partial charge in [0.2, 0.25) is 11.1 Å². The molecule has 2 aromatic heterocycles. The number of thiophene rings is 2. The van der Waals surface area contributed by atoms with Crippen molar-refractivity contribution >= 4 is 51.8 Å². The van der Waals surface area contributed by atoms with Crippen LogP contribution in [0.5, 0.6) is 0 Å². The van der Waals surface area contributed by atoms with Gasteiger partial charge in [0.15, 0.2) is 5.78 Å². The lowest BCUT2D eigenvalue weighted by Gasteiger charge is -2.47. The Morgan fingerprint density at radius 3 is 2.24 bits per heavy atom. The van der Waals surface area contributed by atoms with E-state index in [0.717, 1.165) is 52.1 Å². The van der Waals surface area contributed by atoms with Crippen LogP contribution in [0, 0.1) is 4.91 Å². The van der Waals surface area contributed by atoms with E-state index in [1.165, 1.54) is 25.8 Å². The molecule has 5 nitrogen and oxygen atoms in total. The first kappa shape index (κ1) is 30.0. The first-order chi connectivity index (χ1) is 19.0. The summed E-state index contributed by atoms with van der Waals surface area (Å²) in [6.07, 6.45) is 12.4. The number of Topliss-reactive ketones (excluding diaryl/α,β-unsaturated/α-hetero) is 1. The number of carbonyl (C=O) groups is 1. The van der Waals surface area contributed by atoms with Crippen LogP contribution in [0.15, 0.2) is 46.9 Å². The Labute approximate surface area is 252 Å². The fourth-order valence-corrected chi connectivity index (χ4v) is 8.74. The lowest BCUT2D eigenvalue weighted by molar-refractivity contribution is -0.672. The summed E-state index contributed by atoms with van der Waals surface area (Å²) in [5.41, 5.74) is 3.34. The molecule has 2 aliphatic heterocycles. The Kier molecular flexibility index (Phi) is 7.59. The lowest BCUT2D eigenvalue weighted by Crippen LogP contribution is -2.55. The monoisotopic (exact) mass is 591 g/mol. The zero-order valence-electron chi connectivity index (χ0n) is 25.6. The van der Waals surface area contributed by atoms with Crippen molar-refractivity contribution in [2.24, 2.45) is 0 Å². The molecule has 41 heavy (non-hydrogen) atoms. The summed E-state index contributed by atoms with van der Waals surface area (Å²) in [4.78, 5) is 30.0. The average molecular weight is 592 g/mol. The second kappa shape index (κ2) is 10.4. The molecule has 1 fully saturated rings. The molecular formula is C34H43N2O3S2+. The van der Waals surface area contributed by atoms with Crippen LogP contribution in [-0.4, -0.2) is 43.0 Å². The summed E-state index contributed by atoms with van der Waals surface area (Å²) in [6, 6.07) is 6.36. The van der Waals surface area contributed by atoms with Gasteiger partial charge in [-0.3, -0.25) is 4.79 Å². The van der Waals surface area contributed by atoms with Crippen LogP contribution in [0.25, 0.3) is 23.3 Å². The zero-order chi connectivity index (χ0) is 30.0. The van der Waals surface area contributed by atoms with Gasteiger partial charge in [0.05, 0.1) is 5.54 Å². The van der Waals surface area contributed by atoms with E-state index in [1.807, 2.05) is 41.5 Å². The molecule has 0 aromatic carbocycles. The third-order valence-corrected chi connectivity index (χ3v) is 10.7. The van der Waals surface area contributed by atoms with Crippen molar-refractivity contribution in [1.29, 1.82) is 0 Å². The van der Waals surface area contributed by atoms with Gasteiger partial charge in [-0.25, -0.2) is 0 Å². The lowest BCUT2D eigenvalue weighted by atomic mass is 9.82. The van der Waals surface area contributed by atoms with Crippen molar-refractivity contribution in [2.45, 2.75) is 110 Å². The number of hydrogen-bond acceptors (Lipinski definition) is 6. The fraction of sp³-hybridized carbons (Fsp3) is 0.500. The Balaban J connectivity index is 1.40. The Bertz CT molecular complexity index is 1520. The second-order valence-corrected chi connectivity index (χ2v) is 16.2. The van der Waals surface area contributed by atoms with Crippen molar-refractivity contribution in [3.63, 3.8) is 0 Å². The number of hydrogen-bond donors (Lipinski definition) is 1. The summed E-state index contributed by atoms with van der Waals surface area (Å²) in [5.74, 6) is 0.141. The SMILES string of the molecule is CC1(C)C=C(c2ccc(/C=C3\CCC/C(=C\c4ccsc4C4=CC(C)(C)[N+](=O)C(C)(C)C4)C3=O)s2)CC(C)(C)N1O. The summed E-state index contributed by atoms with van der Waals surface area (Å²) in [6.45, 7) is 16.1. The van der Waals surface area contributed by atoms with Crippen LogP contribution < -0.4 is 0 Å². The van der Waals surface area contributed by atoms with Gasteiger partial charge in [-0.05, 0) is 112 Å². The molecule has 2 aromatic rings. The van der Waals surface area contributed by atoms with Gasteiger partial charge in [-0.15, -0.1) is 22.7 Å². The maximum absolute atomic E-state index is 13.7. The molecule has 218 valence electrons. The number of carbonyl (C=O) groups excluding carboxylic acids is 1.